The van der Waals surface area contributed by atoms with Gasteiger partial charge in [0.2, 0.25) is 5.95 Å². The van der Waals surface area contributed by atoms with Gasteiger partial charge >= 0.3 is 0 Å². The number of hydrogen-bond acceptors (Lipinski definition) is 10. The lowest BCUT2D eigenvalue weighted by molar-refractivity contribution is 0.108. The summed E-state index contributed by atoms with van der Waals surface area (Å²) in [6.07, 6.45) is 2.96. The van der Waals surface area contributed by atoms with Gasteiger partial charge in [-0.05, 0) is 37.5 Å². The van der Waals surface area contributed by atoms with Crippen molar-refractivity contribution in [3.63, 3.8) is 0 Å². The van der Waals surface area contributed by atoms with E-state index in [4.69, 9.17) is 10.1 Å². The number of aliphatic hydroxyl groups excluding tert-OH is 2. The lowest BCUT2D eigenvalue weighted by Crippen LogP contribution is -2.46. The highest BCUT2D eigenvalue weighted by Crippen LogP contribution is 2.30. The number of anilines is 3. The van der Waals surface area contributed by atoms with E-state index in [0.717, 1.165) is 50.2 Å². The molecular weight excluding hydrogens is 475 g/mol. The fraction of sp³-hybridized carbons (Fsp3) is 0.538. The zero-order chi connectivity index (χ0) is 25.8. The van der Waals surface area contributed by atoms with Crippen LogP contribution >= 0.6 is 0 Å². The maximum Gasteiger partial charge on any atom is 0.229 e. The van der Waals surface area contributed by atoms with Gasteiger partial charge in [0.1, 0.15) is 17.5 Å². The Balaban J connectivity index is 1.29. The molecule has 198 valence electrons. The third kappa shape index (κ3) is 6.30. The van der Waals surface area contributed by atoms with Crippen LogP contribution in [-0.2, 0) is 6.54 Å². The summed E-state index contributed by atoms with van der Waals surface area (Å²) in [6.45, 7) is 8.44. The number of nitrogens with zero attached hydrogens (tertiary/aromatic N) is 7. The van der Waals surface area contributed by atoms with E-state index in [0.29, 0.717) is 54.7 Å². The molecule has 3 aromatic rings. The van der Waals surface area contributed by atoms with Gasteiger partial charge in [0, 0.05) is 70.1 Å². The monoisotopic (exact) mass is 510 g/mol. The highest BCUT2D eigenvalue weighted by molar-refractivity contribution is 5.89. The molecule has 3 aromatic heterocycles. The van der Waals surface area contributed by atoms with E-state index in [9.17, 15) is 9.50 Å². The van der Waals surface area contributed by atoms with E-state index in [1.54, 1.807) is 19.2 Å². The van der Waals surface area contributed by atoms with Gasteiger partial charge in [0.05, 0.1) is 18.4 Å². The van der Waals surface area contributed by atoms with Crippen molar-refractivity contribution in [1.29, 1.82) is 0 Å². The first-order valence-electron chi connectivity index (χ1n) is 13.0. The smallest absolute Gasteiger partial charge is 0.229 e. The topological polar surface area (TPSA) is 114 Å². The molecule has 0 amide bonds. The van der Waals surface area contributed by atoms with Crippen LogP contribution in [0.2, 0.25) is 0 Å². The number of hydrogen-bond donors (Lipinski definition) is 3. The number of piperazine rings is 1. The average Bonchev–Trinajstić information content (AvgIpc) is 2.91. The molecule has 0 spiro atoms. The Morgan fingerprint density at radius 1 is 1.03 bits per heavy atom. The second kappa shape index (κ2) is 11.6. The summed E-state index contributed by atoms with van der Waals surface area (Å²) >= 11 is 0. The van der Waals surface area contributed by atoms with Crippen molar-refractivity contribution < 1.29 is 14.6 Å². The lowest BCUT2D eigenvalue weighted by Gasteiger charge is -2.34. The first-order chi connectivity index (χ1) is 18.0. The van der Waals surface area contributed by atoms with Crippen LogP contribution in [0.25, 0.3) is 10.9 Å². The van der Waals surface area contributed by atoms with Crippen LogP contribution in [0.1, 0.15) is 37.1 Å². The first-order valence-corrected chi connectivity index (χ1v) is 13.0. The number of β-amino-alcohol motifs (C(OH)–C–C–N with tert-alkyl or cyclic N) is 1. The standard InChI is InChI=1S/C26H35FN8O2/c1-18(37)22-14-20-16-29-26(32-24(20)25(30-22)35-6-4-21(27)5-7-35)31-23-3-2-19(15-28-23)17-34-10-8-33(9-11-34)12-13-36/h2-3,14-16,18,21,36-37H,4-13,17H2,1H3,(H,28,29,31,32)/t18-/m1/s1. The van der Waals surface area contributed by atoms with Gasteiger partial charge in [-0.2, -0.15) is 0 Å². The largest absolute Gasteiger partial charge is 0.395 e. The van der Waals surface area contributed by atoms with Crippen molar-refractivity contribution in [1.82, 2.24) is 29.7 Å². The van der Waals surface area contributed by atoms with Crippen molar-refractivity contribution in [2.24, 2.45) is 0 Å². The predicted octanol–water partition coefficient (Wildman–Crippen LogP) is 2.26. The average molecular weight is 511 g/mol. The van der Waals surface area contributed by atoms with Crippen molar-refractivity contribution in [2.45, 2.75) is 38.6 Å². The molecule has 0 aromatic carbocycles. The van der Waals surface area contributed by atoms with Gasteiger partial charge in [-0.1, -0.05) is 6.07 Å². The van der Waals surface area contributed by atoms with Crippen molar-refractivity contribution in [3.05, 3.63) is 41.9 Å². The number of halogens is 1. The van der Waals surface area contributed by atoms with Crippen molar-refractivity contribution >= 4 is 28.5 Å². The van der Waals surface area contributed by atoms with Gasteiger partial charge in [0.25, 0.3) is 0 Å². The Morgan fingerprint density at radius 3 is 2.46 bits per heavy atom. The Bertz CT molecular complexity index is 1180. The van der Waals surface area contributed by atoms with Crippen LogP contribution < -0.4 is 10.2 Å². The number of fused-ring (bicyclic) bond motifs is 1. The number of pyridine rings is 2. The normalized spacial score (nSPS) is 18.9. The maximum atomic E-state index is 13.8. The molecule has 10 nitrogen and oxygen atoms in total. The van der Waals surface area contributed by atoms with Gasteiger partial charge in [0.15, 0.2) is 5.82 Å². The zero-order valence-electron chi connectivity index (χ0n) is 21.2. The van der Waals surface area contributed by atoms with Crippen molar-refractivity contribution in [2.75, 3.05) is 62.6 Å². The molecule has 2 fully saturated rings. The Hall–Kier alpha value is -2.99. The summed E-state index contributed by atoms with van der Waals surface area (Å²) in [5.74, 6) is 1.69. The number of piperidine rings is 1. The van der Waals surface area contributed by atoms with E-state index in [1.807, 2.05) is 17.2 Å². The highest BCUT2D eigenvalue weighted by atomic mass is 19.1. The lowest BCUT2D eigenvalue weighted by atomic mass is 10.1. The number of aliphatic hydroxyl groups is 2. The molecule has 2 aliphatic heterocycles. The molecule has 11 heteroatoms. The van der Waals surface area contributed by atoms with Crippen LogP contribution in [0.3, 0.4) is 0 Å². The molecular formula is C26H35FN8O2. The minimum atomic E-state index is -0.792. The van der Waals surface area contributed by atoms with Crippen LogP contribution in [-0.4, -0.2) is 98.5 Å². The summed E-state index contributed by atoms with van der Waals surface area (Å²) < 4.78 is 13.8. The number of alkyl halides is 1. The fourth-order valence-corrected chi connectivity index (χ4v) is 4.87. The Kier molecular flexibility index (Phi) is 8.04. The van der Waals surface area contributed by atoms with Crippen LogP contribution in [0.15, 0.2) is 30.6 Å². The molecule has 2 saturated heterocycles. The summed E-state index contributed by atoms with van der Waals surface area (Å²) in [5, 5.41) is 23.2. The first kappa shape index (κ1) is 25.7. The second-order valence-electron chi connectivity index (χ2n) is 9.86. The molecule has 2 aliphatic rings. The van der Waals surface area contributed by atoms with Crippen LogP contribution in [0.5, 0.6) is 0 Å². The number of nitrogens with one attached hydrogen (secondary N) is 1. The fourth-order valence-electron chi connectivity index (χ4n) is 4.87. The number of aromatic nitrogens is 4. The summed E-state index contributed by atoms with van der Waals surface area (Å²) in [4.78, 5) is 25.1. The van der Waals surface area contributed by atoms with Gasteiger partial charge in [-0.3, -0.25) is 9.80 Å². The Morgan fingerprint density at radius 2 is 1.78 bits per heavy atom. The molecule has 0 unspecified atom stereocenters. The summed E-state index contributed by atoms with van der Waals surface area (Å²) in [6, 6.07) is 5.78. The summed E-state index contributed by atoms with van der Waals surface area (Å²) in [7, 11) is 0. The van der Waals surface area contributed by atoms with Gasteiger partial charge in [-0.25, -0.2) is 24.3 Å². The molecule has 5 rings (SSSR count). The highest BCUT2D eigenvalue weighted by Gasteiger charge is 2.23. The van der Waals surface area contributed by atoms with E-state index < -0.39 is 12.3 Å². The molecule has 0 saturated carbocycles. The van der Waals surface area contributed by atoms with E-state index in [-0.39, 0.29) is 6.61 Å². The molecule has 1 atom stereocenters. The second-order valence-corrected chi connectivity index (χ2v) is 9.86. The third-order valence-corrected chi connectivity index (χ3v) is 7.07. The van der Waals surface area contributed by atoms with E-state index >= 15 is 0 Å². The van der Waals surface area contributed by atoms with Crippen LogP contribution in [0, 0.1) is 0 Å². The third-order valence-electron chi connectivity index (χ3n) is 7.07. The molecule has 3 N–H and O–H groups in total. The van der Waals surface area contributed by atoms with Crippen molar-refractivity contribution in [3.8, 4) is 0 Å². The molecule has 0 radical (unpaired) electrons. The van der Waals surface area contributed by atoms with Gasteiger partial charge in [-0.15, -0.1) is 0 Å². The quantitative estimate of drug-likeness (QED) is 0.417. The molecule has 5 heterocycles. The SMILES string of the molecule is C[C@@H](O)c1cc2cnc(Nc3ccc(CN4CCN(CCO)CC4)cn3)nc2c(N2CCC(F)CC2)n1. The van der Waals surface area contributed by atoms with E-state index in [1.165, 1.54) is 0 Å². The van der Waals surface area contributed by atoms with Gasteiger partial charge < -0.3 is 20.4 Å². The molecule has 37 heavy (non-hydrogen) atoms. The predicted molar refractivity (Wildman–Crippen MR) is 141 cm³/mol. The molecule has 0 bridgehead atoms. The van der Waals surface area contributed by atoms with Crippen LogP contribution in [0.4, 0.5) is 22.0 Å². The zero-order valence-corrected chi connectivity index (χ0v) is 21.2. The Labute approximate surface area is 216 Å². The van der Waals surface area contributed by atoms with E-state index in [2.05, 4.69) is 36.1 Å². The summed E-state index contributed by atoms with van der Waals surface area (Å²) in [5.41, 5.74) is 2.34. The maximum absolute atomic E-state index is 13.8. The number of rotatable bonds is 8. The minimum Gasteiger partial charge on any atom is -0.395 e. The molecule has 0 aliphatic carbocycles. The minimum absolute atomic E-state index is 0.206.